The minimum atomic E-state index is 0.144. The summed E-state index contributed by atoms with van der Waals surface area (Å²) >= 11 is 0. The Kier molecular flexibility index (Phi) is 10.9. The van der Waals surface area contributed by atoms with Crippen molar-refractivity contribution in [2.75, 3.05) is 9.80 Å². The lowest BCUT2D eigenvalue weighted by Crippen LogP contribution is -2.10. The molecule has 0 bridgehead atoms. The summed E-state index contributed by atoms with van der Waals surface area (Å²) in [5, 5.41) is 11.7. The molecule has 1 atom stereocenters. The molecule has 0 saturated heterocycles. The Labute approximate surface area is 486 Å². The van der Waals surface area contributed by atoms with Crippen molar-refractivity contribution in [2.24, 2.45) is 0 Å². The molecule has 5 nitrogen and oxygen atoms in total. The van der Waals surface area contributed by atoms with E-state index < -0.39 is 0 Å². The van der Waals surface area contributed by atoms with Gasteiger partial charge in [-0.05, 0) is 161 Å². The van der Waals surface area contributed by atoms with Crippen LogP contribution in [0.5, 0.6) is 0 Å². The highest BCUT2D eigenvalue weighted by molar-refractivity contribution is 6.22. The van der Waals surface area contributed by atoms with Crippen molar-refractivity contribution in [3.8, 4) is 16.8 Å². The van der Waals surface area contributed by atoms with Gasteiger partial charge in [-0.3, -0.25) is 0 Å². The van der Waals surface area contributed by atoms with Gasteiger partial charge in [-0.1, -0.05) is 182 Å². The molecule has 0 radical (unpaired) electrons. The van der Waals surface area contributed by atoms with Gasteiger partial charge >= 0.3 is 0 Å². The first-order chi connectivity index (χ1) is 41.5. The topological polar surface area (TPSA) is 37.7 Å². The molecule has 0 aliphatic heterocycles. The molecule has 1 unspecified atom stereocenters. The SMILES string of the molecule is Cc1cccc(N(c2ccc3c4c(ccc3c2)-c2c(ccc3c5ccc6cc(N(c7cccc(C)c7)c7cccc8c7oc7ccccc78)ccc6c5n(-c5ccccc5)c23)CCC4c2ccccc2)c2cccc3c2oc2ccccc23)c1. The molecular weight excluding hydrogens is 1020 g/mol. The first kappa shape index (κ1) is 48.1. The van der Waals surface area contributed by atoms with E-state index in [4.69, 9.17) is 8.83 Å². The van der Waals surface area contributed by atoms with E-state index in [1.807, 2.05) is 12.1 Å². The summed E-state index contributed by atoms with van der Waals surface area (Å²) in [7, 11) is 0. The van der Waals surface area contributed by atoms with Crippen LogP contribution in [0.1, 0.15) is 40.2 Å². The quantitative estimate of drug-likeness (QED) is 0.152. The van der Waals surface area contributed by atoms with Gasteiger partial charge in [0.15, 0.2) is 11.2 Å². The van der Waals surface area contributed by atoms with E-state index in [0.29, 0.717) is 0 Å². The first-order valence-corrected chi connectivity index (χ1v) is 29.2. The van der Waals surface area contributed by atoms with Gasteiger partial charge in [-0.15, -0.1) is 0 Å². The van der Waals surface area contributed by atoms with Crippen molar-refractivity contribution in [1.29, 1.82) is 0 Å². The molecular formula is C79H55N3O2. The van der Waals surface area contributed by atoms with Crippen molar-refractivity contribution >= 4 is 121 Å². The lowest BCUT2D eigenvalue weighted by Gasteiger charge is -2.27. The Morgan fingerprint density at radius 2 is 0.881 bits per heavy atom. The van der Waals surface area contributed by atoms with Crippen LogP contribution in [0.25, 0.3) is 104 Å². The van der Waals surface area contributed by atoms with Crippen molar-refractivity contribution in [3.05, 3.63) is 295 Å². The number of furan rings is 2. The van der Waals surface area contributed by atoms with E-state index >= 15 is 0 Å². The minimum absolute atomic E-state index is 0.144. The predicted molar refractivity (Wildman–Crippen MR) is 351 cm³/mol. The number of para-hydroxylation sites is 5. The third-order valence-electron chi connectivity index (χ3n) is 17.8. The highest BCUT2D eigenvalue weighted by Gasteiger charge is 2.31. The van der Waals surface area contributed by atoms with Gasteiger partial charge in [0.05, 0.1) is 22.4 Å². The average molecular weight is 1080 g/mol. The van der Waals surface area contributed by atoms with Crippen LogP contribution in [-0.4, -0.2) is 4.57 Å². The third-order valence-corrected chi connectivity index (χ3v) is 17.8. The second kappa shape index (κ2) is 19.0. The zero-order valence-corrected chi connectivity index (χ0v) is 46.6. The summed E-state index contributed by atoms with van der Waals surface area (Å²) in [4.78, 5) is 4.74. The summed E-state index contributed by atoms with van der Waals surface area (Å²) in [6.45, 7) is 4.33. The Hall–Kier alpha value is -10.6. The maximum absolute atomic E-state index is 6.76. The predicted octanol–water partition coefficient (Wildman–Crippen LogP) is 22.2. The van der Waals surface area contributed by atoms with Crippen LogP contribution in [0, 0.1) is 13.8 Å². The molecule has 16 aromatic rings. The number of hydrogen-bond donors (Lipinski definition) is 0. The van der Waals surface area contributed by atoms with Crippen LogP contribution in [0.3, 0.4) is 0 Å². The lowest BCUT2D eigenvalue weighted by molar-refractivity contribution is 0.668. The van der Waals surface area contributed by atoms with Gasteiger partial charge in [0, 0.05) is 77.6 Å². The molecule has 0 amide bonds. The number of hydrogen-bond acceptors (Lipinski definition) is 4. The zero-order valence-electron chi connectivity index (χ0n) is 46.6. The fourth-order valence-electron chi connectivity index (χ4n) is 14.2. The molecule has 13 aromatic carbocycles. The second-order valence-corrected chi connectivity index (χ2v) is 22.8. The maximum atomic E-state index is 6.76. The molecule has 5 heteroatoms. The van der Waals surface area contributed by atoms with Crippen LogP contribution in [0.15, 0.2) is 276 Å². The Morgan fingerprint density at radius 3 is 1.51 bits per heavy atom. The van der Waals surface area contributed by atoms with E-state index in [2.05, 4.69) is 283 Å². The van der Waals surface area contributed by atoms with Crippen molar-refractivity contribution < 1.29 is 8.83 Å². The van der Waals surface area contributed by atoms with Crippen LogP contribution < -0.4 is 9.80 Å². The maximum Gasteiger partial charge on any atom is 0.159 e. The van der Waals surface area contributed by atoms with E-state index in [9.17, 15) is 0 Å². The van der Waals surface area contributed by atoms with Crippen LogP contribution in [0.2, 0.25) is 0 Å². The Balaban J connectivity index is 0.891. The van der Waals surface area contributed by atoms with E-state index in [-0.39, 0.29) is 5.92 Å². The average Bonchev–Trinajstić information content (AvgIpc) is 2.11. The van der Waals surface area contributed by atoms with Crippen LogP contribution in [-0.2, 0) is 6.42 Å². The molecule has 17 rings (SSSR count). The highest BCUT2D eigenvalue weighted by Crippen LogP contribution is 2.52. The largest absolute Gasteiger partial charge is 0.454 e. The standard InChI is InChI=1S/C79H55N3O2/c1-49-17-13-23-56(45-49)80(70-29-15-27-67-63-25-9-11-31-72(63)83-78(67)70)58-37-43-61-53(47-58)36-42-69-74-52(33-39-60(75(61)69)51-19-5-3-6-20-51)34-40-66-65-41-35-54-48-59(38-44-62(54)76(65)82(77(66)74)55-21-7-4-8-22-55)81(57-24-14-18-50(2)46-57)71-30-16-28-68-64-26-10-12-32-73(64)84-79(68)71/h3-32,34-38,40-48,60H,33,39H2,1-2H3. The van der Waals surface area contributed by atoms with Crippen molar-refractivity contribution in [3.63, 3.8) is 0 Å². The smallest absolute Gasteiger partial charge is 0.159 e. The molecule has 1 aliphatic rings. The normalized spacial score (nSPS) is 13.4. The van der Waals surface area contributed by atoms with Crippen molar-refractivity contribution in [1.82, 2.24) is 4.57 Å². The number of aryl methyl sites for hydroxylation is 3. The Bertz CT molecular complexity index is 5320. The van der Waals surface area contributed by atoms with E-state index in [0.717, 1.165) is 102 Å². The van der Waals surface area contributed by atoms with Gasteiger partial charge in [-0.25, -0.2) is 0 Å². The number of anilines is 6. The van der Waals surface area contributed by atoms with Gasteiger partial charge < -0.3 is 23.2 Å². The molecule has 0 fully saturated rings. The van der Waals surface area contributed by atoms with Gasteiger partial charge in [0.1, 0.15) is 11.2 Å². The molecule has 398 valence electrons. The highest BCUT2D eigenvalue weighted by atomic mass is 16.3. The van der Waals surface area contributed by atoms with Gasteiger partial charge in [0.25, 0.3) is 0 Å². The summed E-state index contributed by atoms with van der Waals surface area (Å²) in [6, 6.07) is 98.1. The molecule has 0 N–H and O–H groups in total. The Morgan fingerprint density at radius 1 is 0.381 bits per heavy atom. The fraction of sp³-hybridized carbons (Fsp3) is 0.0633. The van der Waals surface area contributed by atoms with E-state index in [1.54, 1.807) is 0 Å². The fourth-order valence-corrected chi connectivity index (χ4v) is 14.2. The van der Waals surface area contributed by atoms with Crippen molar-refractivity contribution in [2.45, 2.75) is 32.6 Å². The molecule has 84 heavy (non-hydrogen) atoms. The molecule has 3 heterocycles. The zero-order chi connectivity index (χ0) is 55.6. The second-order valence-electron chi connectivity index (χ2n) is 22.8. The van der Waals surface area contributed by atoms with Crippen LogP contribution in [0.4, 0.5) is 34.1 Å². The minimum Gasteiger partial charge on any atom is -0.454 e. The monoisotopic (exact) mass is 1080 g/mol. The summed E-state index contributed by atoms with van der Waals surface area (Å²) < 4.78 is 16.1. The summed E-state index contributed by atoms with van der Waals surface area (Å²) in [6.07, 6.45) is 1.89. The number of nitrogens with zero attached hydrogens (tertiary/aromatic N) is 3. The molecule has 3 aromatic heterocycles. The number of fused-ring (bicyclic) bond motifs is 17. The third kappa shape index (κ3) is 7.48. The summed E-state index contributed by atoms with van der Waals surface area (Å²) in [5.74, 6) is 0.144. The van der Waals surface area contributed by atoms with Gasteiger partial charge in [0.2, 0.25) is 0 Å². The van der Waals surface area contributed by atoms with Gasteiger partial charge in [-0.2, -0.15) is 0 Å². The molecule has 0 spiro atoms. The first-order valence-electron chi connectivity index (χ1n) is 29.2. The number of benzene rings is 13. The van der Waals surface area contributed by atoms with Crippen LogP contribution >= 0.6 is 0 Å². The number of aromatic nitrogens is 1. The summed E-state index contributed by atoms with van der Waals surface area (Å²) in [5.41, 5.74) is 22.4. The lowest BCUT2D eigenvalue weighted by atomic mass is 9.82. The van der Waals surface area contributed by atoms with E-state index in [1.165, 1.54) is 76.9 Å². The number of rotatable bonds is 8. The molecule has 1 aliphatic carbocycles. The molecule has 0 saturated carbocycles.